The van der Waals surface area contributed by atoms with Crippen LogP contribution in [0.3, 0.4) is 0 Å². The molecule has 2 N–H and O–H groups in total. The summed E-state index contributed by atoms with van der Waals surface area (Å²) >= 11 is 3.57. The Bertz CT molecular complexity index is 439. The fraction of sp³-hybridized carbons (Fsp3) is 0.625. The molecular weight excluding hydrogens is 314 g/mol. The van der Waals surface area contributed by atoms with Crippen molar-refractivity contribution in [1.82, 2.24) is 4.90 Å². The number of benzene rings is 1. The van der Waals surface area contributed by atoms with E-state index >= 15 is 0 Å². The molecule has 1 unspecified atom stereocenters. The van der Waals surface area contributed by atoms with Crippen LogP contribution in [0.5, 0.6) is 0 Å². The maximum Gasteiger partial charge on any atom is 0.0400 e. The Labute approximate surface area is 131 Å². The maximum atomic E-state index is 6.00. The van der Waals surface area contributed by atoms with E-state index in [9.17, 15) is 0 Å². The van der Waals surface area contributed by atoms with E-state index in [4.69, 9.17) is 5.73 Å². The van der Waals surface area contributed by atoms with Crippen LogP contribution < -0.4 is 10.6 Å². The number of likely N-dealkylation sites (tertiary alicyclic amines) is 1. The standard InChI is InChI=1S/C16H26BrN3/c1-12(18)10-13-11-14(17)4-5-16(13)20(3)15-6-8-19(2)9-7-15/h4-5,11-12,15H,6-10,18H2,1-3H3. The molecule has 1 aliphatic heterocycles. The van der Waals surface area contributed by atoms with Gasteiger partial charge in [-0.25, -0.2) is 0 Å². The summed E-state index contributed by atoms with van der Waals surface area (Å²) in [5.41, 5.74) is 8.68. The highest BCUT2D eigenvalue weighted by molar-refractivity contribution is 9.10. The van der Waals surface area contributed by atoms with Gasteiger partial charge in [-0.3, -0.25) is 0 Å². The summed E-state index contributed by atoms with van der Waals surface area (Å²) in [6, 6.07) is 7.39. The smallest absolute Gasteiger partial charge is 0.0400 e. The first-order valence-electron chi connectivity index (χ1n) is 7.42. The van der Waals surface area contributed by atoms with E-state index in [1.165, 1.54) is 37.2 Å². The molecule has 20 heavy (non-hydrogen) atoms. The van der Waals surface area contributed by atoms with Crippen molar-refractivity contribution in [3.63, 3.8) is 0 Å². The van der Waals surface area contributed by atoms with E-state index in [0.29, 0.717) is 6.04 Å². The van der Waals surface area contributed by atoms with Gasteiger partial charge in [0.05, 0.1) is 0 Å². The van der Waals surface area contributed by atoms with Crippen LogP contribution in [0, 0.1) is 0 Å². The number of anilines is 1. The lowest BCUT2D eigenvalue weighted by molar-refractivity contribution is 0.252. The highest BCUT2D eigenvalue weighted by Gasteiger charge is 2.22. The van der Waals surface area contributed by atoms with Gasteiger partial charge in [-0.15, -0.1) is 0 Å². The zero-order valence-corrected chi connectivity index (χ0v) is 14.4. The van der Waals surface area contributed by atoms with Crippen LogP contribution in [0.4, 0.5) is 5.69 Å². The SMILES string of the molecule is CC(N)Cc1cc(Br)ccc1N(C)C1CCN(C)CC1. The summed E-state index contributed by atoms with van der Waals surface area (Å²) in [6.45, 7) is 4.45. The van der Waals surface area contributed by atoms with Crippen LogP contribution in [0.25, 0.3) is 0 Å². The topological polar surface area (TPSA) is 32.5 Å². The summed E-state index contributed by atoms with van der Waals surface area (Å²) in [7, 11) is 4.43. The van der Waals surface area contributed by atoms with Crippen LogP contribution in [0.1, 0.15) is 25.3 Å². The zero-order valence-electron chi connectivity index (χ0n) is 12.8. The van der Waals surface area contributed by atoms with Gasteiger partial charge in [0.2, 0.25) is 0 Å². The van der Waals surface area contributed by atoms with Crippen LogP contribution in [-0.4, -0.2) is 44.2 Å². The lowest BCUT2D eigenvalue weighted by Crippen LogP contribution is -2.42. The number of hydrogen-bond acceptors (Lipinski definition) is 3. The average molecular weight is 340 g/mol. The highest BCUT2D eigenvalue weighted by Crippen LogP contribution is 2.28. The average Bonchev–Trinajstić information content (AvgIpc) is 2.38. The van der Waals surface area contributed by atoms with Gasteiger partial charge in [-0.2, -0.15) is 0 Å². The molecule has 1 aromatic carbocycles. The lowest BCUT2D eigenvalue weighted by atomic mass is 10.00. The molecule has 0 radical (unpaired) electrons. The monoisotopic (exact) mass is 339 g/mol. The third-order valence-electron chi connectivity index (χ3n) is 4.20. The Balaban J connectivity index is 2.18. The second-order valence-electron chi connectivity index (χ2n) is 6.10. The van der Waals surface area contributed by atoms with Gasteiger partial charge < -0.3 is 15.5 Å². The van der Waals surface area contributed by atoms with E-state index in [0.717, 1.165) is 10.9 Å². The van der Waals surface area contributed by atoms with Gasteiger partial charge in [0, 0.05) is 29.3 Å². The molecule has 0 saturated carbocycles. The van der Waals surface area contributed by atoms with Gasteiger partial charge in [0.15, 0.2) is 0 Å². The molecule has 0 spiro atoms. The molecule has 3 nitrogen and oxygen atoms in total. The minimum absolute atomic E-state index is 0.189. The number of nitrogens with zero attached hydrogens (tertiary/aromatic N) is 2. The van der Waals surface area contributed by atoms with Crippen LogP contribution in [-0.2, 0) is 6.42 Å². The second-order valence-corrected chi connectivity index (χ2v) is 7.02. The normalized spacial score (nSPS) is 19.1. The van der Waals surface area contributed by atoms with Gasteiger partial charge >= 0.3 is 0 Å². The molecule has 4 heteroatoms. The molecule has 0 aromatic heterocycles. The highest BCUT2D eigenvalue weighted by atomic mass is 79.9. The summed E-state index contributed by atoms with van der Waals surface area (Å²) in [4.78, 5) is 4.87. The molecule has 2 rings (SSSR count). The quantitative estimate of drug-likeness (QED) is 0.915. The Morgan fingerprint density at radius 2 is 2.05 bits per heavy atom. The number of halogens is 1. The van der Waals surface area contributed by atoms with E-state index in [-0.39, 0.29) is 6.04 Å². The van der Waals surface area contributed by atoms with Crippen molar-refractivity contribution in [3.8, 4) is 0 Å². The number of rotatable bonds is 4. The Morgan fingerprint density at radius 1 is 1.40 bits per heavy atom. The number of piperidine rings is 1. The molecule has 1 saturated heterocycles. The predicted molar refractivity (Wildman–Crippen MR) is 90.4 cm³/mol. The summed E-state index contributed by atoms with van der Waals surface area (Å²) in [5, 5.41) is 0. The first-order valence-corrected chi connectivity index (χ1v) is 8.22. The van der Waals surface area contributed by atoms with E-state index < -0.39 is 0 Å². The van der Waals surface area contributed by atoms with Crippen molar-refractivity contribution in [2.24, 2.45) is 5.73 Å². The van der Waals surface area contributed by atoms with Crippen molar-refractivity contribution in [3.05, 3.63) is 28.2 Å². The first kappa shape index (κ1) is 15.8. The number of hydrogen-bond donors (Lipinski definition) is 1. The molecule has 1 fully saturated rings. The van der Waals surface area contributed by atoms with E-state index in [1.807, 2.05) is 0 Å². The van der Waals surface area contributed by atoms with E-state index in [1.54, 1.807) is 0 Å². The molecular formula is C16H26BrN3. The van der Waals surface area contributed by atoms with Crippen molar-refractivity contribution in [1.29, 1.82) is 0 Å². The molecule has 0 bridgehead atoms. The van der Waals surface area contributed by atoms with Crippen LogP contribution >= 0.6 is 15.9 Å². The Morgan fingerprint density at radius 3 is 2.65 bits per heavy atom. The Hall–Kier alpha value is -0.580. The van der Waals surface area contributed by atoms with Crippen molar-refractivity contribution >= 4 is 21.6 Å². The molecule has 1 atom stereocenters. The van der Waals surface area contributed by atoms with Gasteiger partial charge in [0.25, 0.3) is 0 Å². The molecule has 112 valence electrons. The van der Waals surface area contributed by atoms with Crippen molar-refractivity contribution in [2.75, 3.05) is 32.1 Å². The first-order chi connectivity index (χ1) is 9.47. The van der Waals surface area contributed by atoms with Gasteiger partial charge in [-0.1, -0.05) is 15.9 Å². The summed E-state index contributed by atoms with van der Waals surface area (Å²) < 4.78 is 1.13. The zero-order chi connectivity index (χ0) is 14.7. The van der Waals surface area contributed by atoms with Gasteiger partial charge in [0.1, 0.15) is 0 Å². The Kier molecular flexibility index (Phi) is 5.47. The third kappa shape index (κ3) is 3.96. The van der Waals surface area contributed by atoms with E-state index in [2.05, 4.69) is 64.9 Å². The maximum absolute atomic E-state index is 6.00. The predicted octanol–water partition coefficient (Wildman–Crippen LogP) is 2.87. The van der Waals surface area contributed by atoms with Crippen LogP contribution in [0.15, 0.2) is 22.7 Å². The number of nitrogens with two attached hydrogens (primary N) is 1. The summed E-state index contributed by atoms with van der Waals surface area (Å²) in [5.74, 6) is 0. The minimum Gasteiger partial charge on any atom is -0.371 e. The minimum atomic E-state index is 0.189. The summed E-state index contributed by atoms with van der Waals surface area (Å²) in [6.07, 6.45) is 3.40. The molecule has 1 heterocycles. The molecule has 0 amide bonds. The fourth-order valence-corrected chi connectivity index (χ4v) is 3.40. The largest absolute Gasteiger partial charge is 0.371 e. The van der Waals surface area contributed by atoms with Crippen LogP contribution in [0.2, 0.25) is 0 Å². The van der Waals surface area contributed by atoms with Crippen molar-refractivity contribution < 1.29 is 0 Å². The third-order valence-corrected chi connectivity index (χ3v) is 4.69. The van der Waals surface area contributed by atoms with Gasteiger partial charge in [-0.05, 0) is 70.1 Å². The molecule has 1 aromatic rings. The van der Waals surface area contributed by atoms with Crippen molar-refractivity contribution in [2.45, 2.75) is 38.3 Å². The molecule has 1 aliphatic rings. The second kappa shape index (κ2) is 6.92. The lowest BCUT2D eigenvalue weighted by Gasteiger charge is -2.37. The molecule has 0 aliphatic carbocycles. The fourth-order valence-electron chi connectivity index (χ4n) is 2.99.